The van der Waals surface area contributed by atoms with Crippen LogP contribution in [-0.2, 0) is 0 Å². The normalized spacial score (nSPS) is 13.4. The Hall–Kier alpha value is 0.660. The second-order valence-corrected chi connectivity index (χ2v) is 3.81. The van der Waals surface area contributed by atoms with Gasteiger partial charge in [0.2, 0.25) is 0 Å². The lowest BCUT2D eigenvalue weighted by Gasteiger charge is -2.07. The lowest BCUT2D eigenvalue weighted by molar-refractivity contribution is 0.367. The van der Waals surface area contributed by atoms with Crippen LogP contribution >= 0.6 is 25.3 Å². The topological polar surface area (TPSA) is 20.2 Å². The van der Waals surface area contributed by atoms with Gasteiger partial charge in [-0.05, 0) is 25.0 Å². The number of aliphatic hydroxyl groups is 1. The van der Waals surface area contributed by atoms with E-state index in [9.17, 15) is 0 Å². The van der Waals surface area contributed by atoms with E-state index in [-0.39, 0.29) is 0 Å². The van der Waals surface area contributed by atoms with Gasteiger partial charge in [0.25, 0.3) is 0 Å². The van der Waals surface area contributed by atoms with Crippen LogP contribution in [0.4, 0.5) is 0 Å². The monoisotopic (exact) mass is 193 g/mol. The minimum atomic E-state index is 0.492. The second kappa shape index (κ2) is 8.75. The summed E-state index contributed by atoms with van der Waals surface area (Å²) < 4.78 is 0. The Balaban J connectivity index is 2.97. The Morgan fingerprint density at radius 3 is 2.55 bits per heavy atom. The van der Waals surface area contributed by atoms with Crippen molar-refractivity contribution < 1.29 is 5.11 Å². The Kier molecular flexibility index (Phi) is 9.28. The largest absolute Gasteiger partial charge is 0.390 e. The van der Waals surface area contributed by atoms with E-state index < -0.39 is 0 Å². The number of hydrogen-bond acceptors (Lipinski definition) is 3. The molecule has 0 spiro atoms. The molecule has 11 heavy (non-hydrogen) atoms. The van der Waals surface area contributed by atoms with Crippen LogP contribution in [0.15, 0.2) is 0 Å². The molecule has 0 heterocycles. The molecule has 0 rings (SSSR count). The van der Waals surface area contributed by atoms with Gasteiger partial charge in [-0.2, -0.15) is 25.3 Å². The maximum Gasteiger partial charge on any atom is 0.0799 e. The number of hydrogen-bond donors (Lipinski definition) is 3. The molecule has 1 unspecified atom stereocenters. The molecule has 0 bridgehead atoms. The van der Waals surface area contributed by atoms with Gasteiger partial charge in [0, 0.05) is 5.25 Å². The molecule has 0 aromatic carbocycles. The first-order chi connectivity index (χ1) is 5.31. The molecule has 0 aromatic rings. The van der Waals surface area contributed by atoms with Gasteiger partial charge in [-0.25, -0.2) is 0 Å². The van der Waals surface area contributed by atoms with Crippen molar-refractivity contribution in [3.05, 3.63) is 6.61 Å². The number of unbranched alkanes of at least 4 members (excludes halogenated alkanes) is 2. The number of aliphatic hydroxyl groups excluding tert-OH is 1. The van der Waals surface area contributed by atoms with Gasteiger partial charge in [0.15, 0.2) is 0 Å². The highest BCUT2D eigenvalue weighted by Gasteiger charge is 2.00. The summed E-state index contributed by atoms with van der Waals surface area (Å²) >= 11 is 8.52. The van der Waals surface area contributed by atoms with Crippen molar-refractivity contribution in [1.29, 1.82) is 0 Å². The van der Waals surface area contributed by atoms with Crippen molar-refractivity contribution in [2.24, 2.45) is 0 Å². The standard InChI is InChI=1S/C8H17OS2/c9-6-3-1-2-4-8(11)5-7-10/h6,8-11H,1-5,7H2. The van der Waals surface area contributed by atoms with E-state index in [4.69, 9.17) is 5.11 Å². The van der Waals surface area contributed by atoms with E-state index in [1.165, 1.54) is 6.61 Å². The van der Waals surface area contributed by atoms with Crippen LogP contribution in [0.5, 0.6) is 0 Å². The van der Waals surface area contributed by atoms with E-state index in [0.29, 0.717) is 5.25 Å². The molecule has 0 saturated heterocycles. The minimum absolute atomic E-state index is 0.492. The zero-order valence-electron chi connectivity index (χ0n) is 6.74. The molecule has 0 aliphatic heterocycles. The summed E-state index contributed by atoms with van der Waals surface area (Å²) in [5.41, 5.74) is 0. The summed E-state index contributed by atoms with van der Waals surface area (Å²) in [7, 11) is 0. The maximum atomic E-state index is 8.38. The summed E-state index contributed by atoms with van der Waals surface area (Å²) in [4.78, 5) is 0. The Labute approximate surface area is 80.4 Å². The molecule has 0 saturated carbocycles. The van der Waals surface area contributed by atoms with E-state index in [1.54, 1.807) is 0 Å². The molecule has 67 valence electrons. The zero-order chi connectivity index (χ0) is 8.53. The maximum absolute atomic E-state index is 8.38. The van der Waals surface area contributed by atoms with Crippen molar-refractivity contribution in [3.63, 3.8) is 0 Å². The SMILES string of the molecule is O[CH]CCCCC(S)CCS. The van der Waals surface area contributed by atoms with Crippen LogP contribution in [0.25, 0.3) is 0 Å². The third-order valence-corrected chi connectivity index (χ3v) is 2.36. The molecular formula is C8H17OS2. The average molecular weight is 193 g/mol. The fraction of sp³-hybridized carbons (Fsp3) is 0.875. The third-order valence-electron chi connectivity index (χ3n) is 1.58. The Morgan fingerprint density at radius 2 is 2.00 bits per heavy atom. The first kappa shape index (κ1) is 11.7. The summed E-state index contributed by atoms with van der Waals surface area (Å²) in [5, 5.41) is 8.87. The molecule has 3 heteroatoms. The lowest BCUT2D eigenvalue weighted by Crippen LogP contribution is -1.99. The van der Waals surface area contributed by atoms with Gasteiger partial charge < -0.3 is 5.11 Å². The molecule has 1 radical (unpaired) electrons. The van der Waals surface area contributed by atoms with Crippen molar-refractivity contribution in [2.75, 3.05) is 5.75 Å². The molecule has 1 atom stereocenters. The predicted molar refractivity (Wildman–Crippen MR) is 55.9 cm³/mol. The van der Waals surface area contributed by atoms with Crippen molar-refractivity contribution in [1.82, 2.24) is 0 Å². The van der Waals surface area contributed by atoms with Gasteiger partial charge >= 0.3 is 0 Å². The van der Waals surface area contributed by atoms with E-state index in [0.717, 1.165) is 37.9 Å². The summed E-state index contributed by atoms with van der Waals surface area (Å²) in [5.74, 6) is 0.917. The molecular weight excluding hydrogens is 176 g/mol. The highest BCUT2D eigenvalue weighted by atomic mass is 32.1. The summed E-state index contributed by atoms with van der Waals surface area (Å²) in [6.07, 6.45) is 5.24. The van der Waals surface area contributed by atoms with Crippen LogP contribution in [-0.4, -0.2) is 16.1 Å². The molecule has 1 nitrogen and oxygen atoms in total. The Morgan fingerprint density at radius 1 is 1.27 bits per heavy atom. The molecule has 0 aromatic heterocycles. The second-order valence-electron chi connectivity index (χ2n) is 2.63. The van der Waals surface area contributed by atoms with Gasteiger partial charge in [0.05, 0.1) is 6.61 Å². The van der Waals surface area contributed by atoms with Crippen molar-refractivity contribution in [2.45, 2.75) is 37.4 Å². The van der Waals surface area contributed by atoms with Crippen LogP contribution in [0.3, 0.4) is 0 Å². The fourth-order valence-corrected chi connectivity index (χ4v) is 1.74. The van der Waals surface area contributed by atoms with Gasteiger partial charge in [-0.1, -0.05) is 12.8 Å². The van der Waals surface area contributed by atoms with Crippen molar-refractivity contribution >= 4 is 25.3 Å². The smallest absolute Gasteiger partial charge is 0.0799 e. The summed E-state index contributed by atoms with van der Waals surface area (Å²) in [6.45, 7) is 1.23. The third kappa shape index (κ3) is 8.57. The van der Waals surface area contributed by atoms with Gasteiger partial charge in [0.1, 0.15) is 0 Å². The van der Waals surface area contributed by atoms with E-state index in [2.05, 4.69) is 25.3 Å². The molecule has 1 N–H and O–H groups in total. The molecule has 0 amide bonds. The quantitative estimate of drug-likeness (QED) is 0.419. The van der Waals surface area contributed by atoms with Gasteiger partial charge in [-0.3, -0.25) is 0 Å². The number of rotatable bonds is 7. The zero-order valence-corrected chi connectivity index (χ0v) is 8.53. The van der Waals surface area contributed by atoms with Crippen LogP contribution in [0.2, 0.25) is 0 Å². The molecule has 0 aliphatic rings. The number of thiol groups is 2. The Bertz CT molecular complexity index is 78.5. The average Bonchev–Trinajstić information content (AvgIpc) is 1.99. The highest BCUT2D eigenvalue weighted by molar-refractivity contribution is 7.81. The fourth-order valence-electron chi connectivity index (χ4n) is 0.909. The minimum Gasteiger partial charge on any atom is -0.390 e. The van der Waals surface area contributed by atoms with Crippen LogP contribution in [0.1, 0.15) is 32.1 Å². The predicted octanol–water partition coefficient (Wildman–Crippen LogP) is 2.70. The summed E-state index contributed by atoms with van der Waals surface area (Å²) in [6, 6.07) is 0. The van der Waals surface area contributed by atoms with E-state index in [1.807, 2.05) is 0 Å². The van der Waals surface area contributed by atoms with Crippen LogP contribution in [0, 0.1) is 6.61 Å². The molecule has 0 fully saturated rings. The van der Waals surface area contributed by atoms with Crippen molar-refractivity contribution in [3.8, 4) is 0 Å². The van der Waals surface area contributed by atoms with E-state index >= 15 is 0 Å². The van der Waals surface area contributed by atoms with Crippen LogP contribution < -0.4 is 0 Å². The molecule has 0 aliphatic carbocycles. The first-order valence-electron chi connectivity index (χ1n) is 4.06. The highest BCUT2D eigenvalue weighted by Crippen LogP contribution is 2.12. The lowest BCUT2D eigenvalue weighted by atomic mass is 10.1. The van der Waals surface area contributed by atoms with Gasteiger partial charge in [-0.15, -0.1) is 0 Å². The first-order valence-corrected chi connectivity index (χ1v) is 5.21.